The van der Waals surface area contributed by atoms with Gasteiger partial charge in [0, 0.05) is 18.3 Å². The molecule has 1 unspecified atom stereocenters. The van der Waals surface area contributed by atoms with Crippen LogP contribution in [0.15, 0.2) is 36.5 Å². The van der Waals surface area contributed by atoms with E-state index in [1.165, 1.54) is 18.2 Å². The summed E-state index contributed by atoms with van der Waals surface area (Å²) in [4.78, 5) is 28.5. The summed E-state index contributed by atoms with van der Waals surface area (Å²) in [7, 11) is 0. The van der Waals surface area contributed by atoms with Crippen LogP contribution in [0.25, 0.3) is 0 Å². The Balaban J connectivity index is 1.87. The van der Waals surface area contributed by atoms with E-state index in [2.05, 4.69) is 15.6 Å². The zero-order chi connectivity index (χ0) is 17.1. The Kier molecular flexibility index (Phi) is 4.41. The summed E-state index contributed by atoms with van der Waals surface area (Å²) in [5.74, 6) is -1.56. The molecule has 2 aromatic rings. The Bertz CT molecular complexity index is 794. The highest BCUT2D eigenvalue weighted by molar-refractivity contribution is 6.05. The van der Waals surface area contributed by atoms with Crippen LogP contribution < -0.4 is 15.4 Å². The second-order valence-electron chi connectivity index (χ2n) is 5.31. The standard InChI is InChI=1S/C17H16FN3O3/c1-2-24-17-13(4-3-7-19-17)21-16(23)12-9-15(22)20-14-8-10(18)5-6-11(12)14/h3-8,12H,2,9H2,1H3,(H,20,22)(H,21,23). The van der Waals surface area contributed by atoms with Crippen LogP contribution in [0.2, 0.25) is 0 Å². The zero-order valence-electron chi connectivity index (χ0n) is 13.0. The van der Waals surface area contributed by atoms with Crippen molar-refractivity contribution in [3.8, 4) is 5.88 Å². The van der Waals surface area contributed by atoms with Crippen molar-refractivity contribution in [1.82, 2.24) is 4.98 Å². The Morgan fingerprint density at radius 1 is 1.46 bits per heavy atom. The number of nitrogens with one attached hydrogen (secondary N) is 2. The van der Waals surface area contributed by atoms with E-state index in [1.807, 2.05) is 6.92 Å². The van der Waals surface area contributed by atoms with Gasteiger partial charge in [-0.2, -0.15) is 0 Å². The first-order valence-electron chi connectivity index (χ1n) is 7.56. The van der Waals surface area contributed by atoms with Gasteiger partial charge in [0.25, 0.3) is 0 Å². The lowest BCUT2D eigenvalue weighted by atomic mass is 9.89. The number of carbonyl (C=O) groups excluding carboxylic acids is 2. The lowest BCUT2D eigenvalue weighted by Crippen LogP contribution is -2.31. The Labute approximate surface area is 138 Å². The molecule has 0 saturated heterocycles. The topological polar surface area (TPSA) is 80.3 Å². The lowest BCUT2D eigenvalue weighted by molar-refractivity contribution is -0.123. The van der Waals surface area contributed by atoms with Crippen LogP contribution in [0.4, 0.5) is 15.8 Å². The summed E-state index contributed by atoms with van der Waals surface area (Å²) >= 11 is 0. The number of hydrogen-bond acceptors (Lipinski definition) is 4. The van der Waals surface area contributed by atoms with Gasteiger partial charge in [-0.15, -0.1) is 0 Å². The second kappa shape index (κ2) is 6.66. The van der Waals surface area contributed by atoms with E-state index in [4.69, 9.17) is 4.74 Å². The first kappa shape index (κ1) is 15.9. The van der Waals surface area contributed by atoms with Crippen molar-refractivity contribution >= 4 is 23.2 Å². The minimum atomic E-state index is -0.705. The Hall–Kier alpha value is -2.96. The quantitative estimate of drug-likeness (QED) is 0.904. The third-order valence-corrected chi connectivity index (χ3v) is 3.68. The van der Waals surface area contributed by atoms with E-state index in [-0.39, 0.29) is 18.2 Å². The highest BCUT2D eigenvalue weighted by atomic mass is 19.1. The predicted molar refractivity (Wildman–Crippen MR) is 86.4 cm³/mol. The maximum Gasteiger partial charge on any atom is 0.237 e. The highest BCUT2D eigenvalue weighted by Gasteiger charge is 2.31. The van der Waals surface area contributed by atoms with Gasteiger partial charge < -0.3 is 15.4 Å². The number of rotatable bonds is 4. The number of aromatic nitrogens is 1. The van der Waals surface area contributed by atoms with Gasteiger partial charge >= 0.3 is 0 Å². The van der Waals surface area contributed by atoms with Crippen LogP contribution in [-0.2, 0) is 9.59 Å². The number of amides is 2. The molecule has 2 N–H and O–H groups in total. The molecule has 1 aromatic carbocycles. The van der Waals surface area contributed by atoms with Gasteiger partial charge in [0.15, 0.2) is 0 Å². The molecule has 2 heterocycles. The summed E-state index contributed by atoms with van der Waals surface area (Å²) in [6.07, 6.45) is 1.56. The summed E-state index contributed by atoms with van der Waals surface area (Å²) in [6, 6.07) is 7.34. The molecule has 1 aliphatic heterocycles. The third kappa shape index (κ3) is 3.19. The minimum Gasteiger partial charge on any atom is -0.476 e. The van der Waals surface area contributed by atoms with E-state index < -0.39 is 11.7 Å². The molecule has 0 fully saturated rings. The van der Waals surface area contributed by atoms with Crippen LogP contribution in [-0.4, -0.2) is 23.4 Å². The van der Waals surface area contributed by atoms with Crippen LogP contribution >= 0.6 is 0 Å². The third-order valence-electron chi connectivity index (χ3n) is 3.68. The molecule has 6 nitrogen and oxygen atoms in total. The average Bonchev–Trinajstić information content (AvgIpc) is 2.55. The maximum atomic E-state index is 13.4. The molecule has 0 radical (unpaired) electrons. The molecule has 0 aliphatic carbocycles. The minimum absolute atomic E-state index is 0.00526. The molecule has 1 atom stereocenters. The molecule has 124 valence electrons. The fourth-order valence-corrected chi connectivity index (χ4v) is 2.63. The summed E-state index contributed by atoms with van der Waals surface area (Å²) in [5.41, 5.74) is 1.33. The van der Waals surface area contributed by atoms with E-state index in [9.17, 15) is 14.0 Å². The molecular weight excluding hydrogens is 313 g/mol. The normalized spacial score (nSPS) is 16.1. The highest BCUT2D eigenvalue weighted by Crippen LogP contribution is 2.34. The molecule has 24 heavy (non-hydrogen) atoms. The van der Waals surface area contributed by atoms with Gasteiger partial charge in [-0.25, -0.2) is 9.37 Å². The Morgan fingerprint density at radius 3 is 3.08 bits per heavy atom. The number of nitrogens with zero attached hydrogens (tertiary/aromatic N) is 1. The van der Waals surface area contributed by atoms with Crippen LogP contribution in [0, 0.1) is 5.82 Å². The fourth-order valence-electron chi connectivity index (χ4n) is 2.63. The molecule has 1 aliphatic rings. The molecule has 1 aromatic heterocycles. The number of fused-ring (bicyclic) bond motifs is 1. The van der Waals surface area contributed by atoms with Crippen LogP contribution in [0.3, 0.4) is 0 Å². The molecule has 7 heteroatoms. The van der Waals surface area contributed by atoms with Crippen molar-refractivity contribution in [3.05, 3.63) is 47.9 Å². The summed E-state index contributed by atoms with van der Waals surface area (Å²) in [6.45, 7) is 2.23. The fraction of sp³-hybridized carbons (Fsp3) is 0.235. The Morgan fingerprint density at radius 2 is 2.29 bits per heavy atom. The van der Waals surface area contributed by atoms with Crippen molar-refractivity contribution < 1.29 is 18.7 Å². The summed E-state index contributed by atoms with van der Waals surface area (Å²) in [5, 5.41) is 5.33. The number of hydrogen-bond donors (Lipinski definition) is 2. The molecule has 0 bridgehead atoms. The van der Waals surface area contributed by atoms with Crippen molar-refractivity contribution in [2.24, 2.45) is 0 Å². The number of anilines is 2. The average molecular weight is 329 g/mol. The van der Waals surface area contributed by atoms with Gasteiger partial charge in [-0.05, 0) is 36.8 Å². The maximum absolute atomic E-state index is 13.4. The van der Waals surface area contributed by atoms with Gasteiger partial charge in [0.2, 0.25) is 17.7 Å². The second-order valence-corrected chi connectivity index (χ2v) is 5.31. The predicted octanol–water partition coefficient (Wildman–Crippen LogP) is 2.68. The first-order valence-corrected chi connectivity index (χ1v) is 7.56. The summed E-state index contributed by atoms with van der Waals surface area (Å²) < 4.78 is 18.7. The molecular formula is C17H16FN3O3. The monoisotopic (exact) mass is 329 g/mol. The van der Waals surface area contributed by atoms with Crippen LogP contribution in [0.1, 0.15) is 24.8 Å². The van der Waals surface area contributed by atoms with Crippen molar-refractivity contribution in [1.29, 1.82) is 0 Å². The van der Waals surface area contributed by atoms with E-state index >= 15 is 0 Å². The zero-order valence-corrected chi connectivity index (χ0v) is 13.0. The van der Waals surface area contributed by atoms with Gasteiger partial charge in [0.05, 0.1) is 12.5 Å². The van der Waals surface area contributed by atoms with E-state index in [0.29, 0.717) is 29.4 Å². The lowest BCUT2D eigenvalue weighted by Gasteiger charge is -2.25. The van der Waals surface area contributed by atoms with Crippen molar-refractivity contribution in [2.45, 2.75) is 19.3 Å². The van der Waals surface area contributed by atoms with E-state index in [1.54, 1.807) is 18.3 Å². The molecule has 0 saturated carbocycles. The van der Waals surface area contributed by atoms with Gasteiger partial charge in [-0.1, -0.05) is 6.07 Å². The van der Waals surface area contributed by atoms with Crippen LogP contribution in [0.5, 0.6) is 5.88 Å². The number of carbonyl (C=O) groups is 2. The molecule has 3 rings (SSSR count). The number of benzene rings is 1. The smallest absolute Gasteiger partial charge is 0.237 e. The van der Waals surface area contributed by atoms with E-state index in [0.717, 1.165) is 0 Å². The number of pyridine rings is 1. The largest absolute Gasteiger partial charge is 0.476 e. The van der Waals surface area contributed by atoms with Gasteiger partial charge in [0.1, 0.15) is 11.5 Å². The van der Waals surface area contributed by atoms with Gasteiger partial charge in [-0.3, -0.25) is 9.59 Å². The first-order chi connectivity index (χ1) is 11.6. The number of ether oxygens (including phenoxy) is 1. The SMILES string of the molecule is CCOc1ncccc1NC(=O)C1CC(=O)Nc2cc(F)ccc21. The van der Waals surface area contributed by atoms with Crippen molar-refractivity contribution in [2.75, 3.05) is 17.2 Å². The number of halogens is 1. The molecule has 2 amide bonds. The molecule has 0 spiro atoms. The van der Waals surface area contributed by atoms with Crippen molar-refractivity contribution in [3.63, 3.8) is 0 Å².